The lowest BCUT2D eigenvalue weighted by atomic mass is 9.51. The number of carbonyl (C=O) groups excluding carboxylic acids is 3. The van der Waals surface area contributed by atoms with Crippen LogP contribution in [0.4, 0.5) is 0 Å². The highest BCUT2D eigenvalue weighted by molar-refractivity contribution is 6.00. The van der Waals surface area contributed by atoms with Crippen LogP contribution in [0.2, 0.25) is 0 Å². The van der Waals surface area contributed by atoms with Crippen LogP contribution in [-0.2, 0) is 19.1 Å². The Morgan fingerprint density at radius 2 is 2.10 bits per heavy atom. The van der Waals surface area contributed by atoms with Gasteiger partial charge >= 0.3 is 5.97 Å². The minimum Gasteiger partial charge on any atom is -0.458 e. The van der Waals surface area contributed by atoms with E-state index in [1.54, 1.807) is 6.08 Å². The maximum Gasteiger partial charge on any atom is 0.303 e. The molecule has 2 amide bonds. The van der Waals surface area contributed by atoms with Crippen LogP contribution in [0.5, 0.6) is 0 Å². The van der Waals surface area contributed by atoms with Crippen LogP contribution in [0, 0.1) is 34.5 Å². The van der Waals surface area contributed by atoms with Crippen LogP contribution >= 0.6 is 0 Å². The van der Waals surface area contributed by atoms with Gasteiger partial charge in [-0.3, -0.25) is 19.3 Å². The molecule has 0 spiro atoms. The van der Waals surface area contributed by atoms with Crippen molar-refractivity contribution in [2.45, 2.75) is 65.9 Å². The molecule has 6 heteroatoms. The van der Waals surface area contributed by atoms with E-state index in [-0.39, 0.29) is 47.1 Å². The molecular weight excluding hydrogens is 368 g/mol. The Hall–Kier alpha value is -2.42. The number of nitrogens with zero attached hydrogens (tertiary/aromatic N) is 2. The number of carbonyl (C=O) groups is 3. The molecule has 3 aliphatic rings. The zero-order chi connectivity index (χ0) is 21.3. The van der Waals surface area contributed by atoms with Crippen LogP contribution in [0.15, 0.2) is 23.3 Å². The van der Waals surface area contributed by atoms with Crippen molar-refractivity contribution in [2.75, 3.05) is 6.54 Å². The Balaban J connectivity index is 2.05. The Kier molecular flexibility index (Phi) is 5.97. The summed E-state index contributed by atoms with van der Waals surface area (Å²) in [4.78, 5) is 37.7. The molecule has 0 bridgehead atoms. The molecule has 5 atom stereocenters. The molecule has 0 unspecified atom stereocenters. The molecule has 6 nitrogen and oxygen atoms in total. The Labute approximate surface area is 172 Å². The van der Waals surface area contributed by atoms with Gasteiger partial charge in [0.05, 0.1) is 6.07 Å². The fraction of sp³-hybridized carbons (Fsp3) is 0.652. The van der Waals surface area contributed by atoms with Gasteiger partial charge in [-0.25, -0.2) is 0 Å². The first-order valence-electron chi connectivity index (χ1n) is 10.4. The second kappa shape index (κ2) is 8.14. The van der Waals surface area contributed by atoms with E-state index < -0.39 is 0 Å². The first kappa shape index (κ1) is 21.3. The van der Waals surface area contributed by atoms with E-state index in [0.29, 0.717) is 19.4 Å². The normalized spacial score (nSPS) is 34.0. The maximum atomic E-state index is 12.6. The number of hydrogen-bond acceptors (Lipinski definition) is 5. The van der Waals surface area contributed by atoms with Crippen LogP contribution in [0.1, 0.15) is 59.8 Å². The first-order valence-corrected chi connectivity index (χ1v) is 10.4. The van der Waals surface area contributed by atoms with Crippen LogP contribution in [-0.4, -0.2) is 35.3 Å². The van der Waals surface area contributed by atoms with Gasteiger partial charge in [-0.05, 0) is 55.9 Å². The van der Waals surface area contributed by atoms with Crippen LogP contribution < -0.4 is 0 Å². The van der Waals surface area contributed by atoms with Crippen molar-refractivity contribution >= 4 is 17.8 Å². The number of allylic oxidation sites excluding steroid dienone is 2. The third-order valence-corrected chi connectivity index (χ3v) is 7.23. The van der Waals surface area contributed by atoms with E-state index in [0.717, 1.165) is 24.8 Å². The van der Waals surface area contributed by atoms with Crippen molar-refractivity contribution in [1.29, 1.82) is 5.26 Å². The van der Waals surface area contributed by atoms with Gasteiger partial charge in [0.15, 0.2) is 0 Å². The Morgan fingerprint density at radius 1 is 1.38 bits per heavy atom. The van der Waals surface area contributed by atoms with E-state index in [4.69, 9.17) is 10.00 Å². The summed E-state index contributed by atoms with van der Waals surface area (Å²) < 4.78 is 5.77. The Morgan fingerprint density at radius 3 is 2.72 bits per heavy atom. The molecule has 0 aromatic heterocycles. The van der Waals surface area contributed by atoms with Crippen molar-refractivity contribution in [3.63, 3.8) is 0 Å². The average molecular weight is 399 g/mol. The lowest BCUT2D eigenvalue weighted by Gasteiger charge is -2.54. The number of rotatable bonds is 3. The summed E-state index contributed by atoms with van der Waals surface area (Å²) in [6, 6.07) is 2.26. The number of imide groups is 1. The van der Waals surface area contributed by atoms with Crippen molar-refractivity contribution < 1.29 is 19.1 Å². The largest absolute Gasteiger partial charge is 0.458 e. The fourth-order valence-corrected chi connectivity index (χ4v) is 5.87. The number of nitriles is 1. The molecule has 2 aliphatic carbocycles. The number of ether oxygens (including phenoxy) is 1. The quantitative estimate of drug-likeness (QED) is 0.536. The minimum atomic E-state index is -0.358. The SMILES string of the molecule is CC(=O)O[C@@H]1C=C(C)[C@@H](CCC#N)[C@@H]2CCC3=CC(=O)N(C(C)=O)CC[C@]3(C)[C@H]21. The van der Waals surface area contributed by atoms with Gasteiger partial charge in [0, 0.05) is 38.8 Å². The van der Waals surface area contributed by atoms with Gasteiger partial charge in [-0.1, -0.05) is 18.1 Å². The number of fused-ring (bicyclic) bond motifs is 3. The van der Waals surface area contributed by atoms with Gasteiger partial charge in [-0.15, -0.1) is 0 Å². The highest BCUT2D eigenvalue weighted by atomic mass is 16.5. The second-order valence-corrected chi connectivity index (χ2v) is 8.86. The smallest absolute Gasteiger partial charge is 0.303 e. The second-order valence-electron chi connectivity index (χ2n) is 8.86. The summed E-state index contributed by atoms with van der Waals surface area (Å²) in [5, 5.41) is 9.11. The predicted molar refractivity (Wildman–Crippen MR) is 107 cm³/mol. The number of hydrogen-bond donors (Lipinski definition) is 0. The summed E-state index contributed by atoms with van der Waals surface area (Å²) in [6.45, 7) is 7.43. The maximum absolute atomic E-state index is 12.6. The molecule has 0 aromatic carbocycles. The molecular formula is C23H30N2O4. The fourth-order valence-electron chi connectivity index (χ4n) is 5.87. The van der Waals surface area contributed by atoms with E-state index >= 15 is 0 Å². The number of esters is 1. The molecule has 3 rings (SSSR count). The lowest BCUT2D eigenvalue weighted by Crippen LogP contribution is -2.51. The van der Waals surface area contributed by atoms with E-state index in [1.165, 1.54) is 24.3 Å². The molecule has 1 saturated carbocycles. The predicted octanol–water partition coefficient (Wildman–Crippen LogP) is 3.54. The average Bonchev–Trinajstić information content (AvgIpc) is 2.75. The topological polar surface area (TPSA) is 87.5 Å². The van der Waals surface area contributed by atoms with Crippen molar-refractivity contribution in [3.8, 4) is 6.07 Å². The van der Waals surface area contributed by atoms with E-state index in [1.807, 2.05) is 6.08 Å². The van der Waals surface area contributed by atoms with E-state index in [9.17, 15) is 14.4 Å². The first-order chi connectivity index (χ1) is 13.7. The molecule has 0 saturated heterocycles. The monoisotopic (exact) mass is 398 g/mol. The van der Waals surface area contributed by atoms with E-state index in [2.05, 4.69) is 19.9 Å². The molecule has 156 valence electrons. The zero-order valence-corrected chi connectivity index (χ0v) is 17.7. The van der Waals surface area contributed by atoms with Gasteiger partial charge in [0.2, 0.25) is 5.91 Å². The molecule has 1 aliphatic heterocycles. The molecule has 1 fully saturated rings. The summed E-state index contributed by atoms with van der Waals surface area (Å²) in [7, 11) is 0. The molecule has 0 radical (unpaired) electrons. The van der Waals surface area contributed by atoms with Gasteiger partial charge in [0.25, 0.3) is 5.91 Å². The highest BCUT2D eigenvalue weighted by Crippen LogP contribution is 2.58. The third kappa shape index (κ3) is 3.88. The Bertz CT molecular complexity index is 821. The molecule has 1 heterocycles. The minimum absolute atomic E-state index is 0.0264. The number of amides is 2. The molecule has 0 aromatic rings. The van der Waals surface area contributed by atoms with Crippen molar-refractivity contribution in [3.05, 3.63) is 23.3 Å². The standard InChI is InChI=1S/C23H30N2O4/c1-14-12-20(29-16(3)27)22-19(18(14)6-5-10-24)8-7-17-13-21(28)25(15(2)26)11-9-23(17,22)4/h12-13,18-20,22H,5-9,11H2,1-4H3/t18-,19+,20-,22-,23+/m1/s1. The van der Waals surface area contributed by atoms with Crippen molar-refractivity contribution in [2.24, 2.45) is 23.2 Å². The van der Waals surface area contributed by atoms with Crippen molar-refractivity contribution in [1.82, 2.24) is 4.90 Å². The van der Waals surface area contributed by atoms with Gasteiger partial charge in [-0.2, -0.15) is 5.26 Å². The third-order valence-electron chi connectivity index (χ3n) is 7.23. The summed E-state index contributed by atoms with van der Waals surface area (Å²) in [6.07, 6.45) is 6.95. The summed E-state index contributed by atoms with van der Waals surface area (Å²) in [5.74, 6) is -0.233. The zero-order valence-electron chi connectivity index (χ0n) is 17.7. The van der Waals surface area contributed by atoms with Gasteiger partial charge < -0.3 is 4.74 Å². The highest BCUT2D eigenvalue weighted by Gasteiger charge is 2.54. The molecule has 0 N–H and O–H groups in total. The summed E-state index contributed by atoms with van der Waals surface area (Å²) in [5.41, 5.74) is 1.89. The summed E-state index contributed by atoms with van der Waals surface area (Å²) >= 11 is 0. The van der Waals surface area contributed by atoms with Crippen LogP contribution in [0.3, 0.4) is 0 Å². The molecule has 29 heavy (non-hydrogen) atoms. The lowest BCUT2D eigenvalue weighted by molar-refractivity contribution is -0.152. The van der Waals surface area contributed by atoms with Crippen LogP contribution in [0.25, 0.3) is 0 Å². The van der Waals surface area contributed by atoms with Gasteiger partial charge in [0.1, 0.15) is 6.10 Å².